The Kier molecular flexibility index (Phi) is 3.50. The molecule has 0 fully saturated rings. The third-order valence-electron chi connectivity index (χ3n) is 2.67. The lowest BCUT2D eigenvalue weighted by Gasteiger charge is -2.06. The molecule has 0 saturated heterocycles. The van der Waals surface area contributed by atoms with Crippen LogP contribution in [0.1, 0.15) is 19.5 Å². The van der Waals surface area contributed by atoms with E-state index in [4.69, 9.17) is 11.6 Å². The molecule has 0 atom stereocenters. The van der Waals surface area contributed by atoms with E-state index in [1.54, 1.807) is 0 Å². The smallest absolute Gasteiger partial charge is 0.0495 e. The minimum atomic E-state index is 0.668. The second kappa shape index (κ2) is 4.72. The molecule has 3 heteroatoms. The predicted octanol–water partition coefficient (Wildman–Crippen LogP) is 4.47. The van der Waals surface area contributed by atoms with Gasteiger partial charge in [0.1, 0.15) is 0 Å². The second-order valence-electron chi connectivity index (χ2n) is 4.26. The predicted molar refractivity (Wildman–Crippen MR) is 74.4 cm³/mol. The van der Waals surface area contributed by atoms with E-state index >= 15 is 0 Å². The fourth-order valence-corrected chi connectivity index (χ4v) is 2.70. The molecule has 2 rings (SSSR count). The fourth-order valence-electron chi connectivity index (χ4n) is 1.75. The first-order valence-electron chi connectivity index (χ1n) is 5.43. The van der Waals surface area contributed by atoms with Crippen LogP contribution in [0.5, 0.6) is 0 Å². The van der Waals surface area contributed by atoms with Gasteiger partial charge in [-0.2, -0.15) is 11.8 Å². The van der Waals surface area contributed by atoms with E-state index in [1.165, 1.54) is 16.6 Å². The summed E-state index contributed by atoms with van der Waals surface area (Å²) >= 11 is 7.97. The van der Waals surface area contributed by atoms with Crippen molar-refractivity contribution in [3.05, 3.63) is 35.0 Å². The van der Waals surface area contributed by atoms with Crippen LogP contribution in [0.25, 0.3) is 10.9 Å². The Morgan fingerprint density at radius 2 is 2.06 bits per heavy atom. The molecule has 2 aromatic rings. The lowest BCUT2D eigenvalue weighted by atomic mass is 10.2. The standard InChI is InChI=1S/C13H16ClNS/c1-9(2)16-8-12-6-10-4-5-11(14)7-13(10)15(12)3/h4-7,9H,8H2,1-3H3. The molecule has 0 aliphatic carbocycles. The highest BCUT2D eigenvalue weighted by atomic mass is 35.5. The maximum Gasteiger partial charge on any atom is 0.0495 e. The molecule has 1 heterocycles. The van der Waals surface area contributed by atoms with Crippen LogP contribution in [0.15, 0.2) is 24.3 Å². The molecule has 0 amide bonds. The number of halogens is 1. The minimum absolute atomic E-state index is 0.668. The van der Waals surface area contributed by atoms with Gasteiger partial charge in [-0.15, -0.1) is 0 Å². The average Bonchev–Trinajstić information content (AvgIpc) is 2.53. The van der Waals surface area contributed by atoms with E-state index in [0.717, 1.165) is 10.8 Å². The molecule has 0 spiro atoms. The molecule has 0 unspecified atom stereocenters. The summed E-state index contributed by atoms with van der Waals surface area (Å²) in [4.78, 5) is 0. The van der Waals surface area contributed by atoms with Crippen LogP contribution < -0.4 is 0 Å². The monoisotopic (exact) mass is 253 g/mol. The van der Waals surface area contributed by atoms with Gasteiger partial charge in [0, 0.05) is 29.0 Å². The first-order chi connectivity index (χ1) is 7.58. The third-order valence-corrected chi connectivity index (χ3v) is 4.04. The van der Waals surface area contributed by atoms with E-state index in [0.29, 0.717) is 5.25 Å². The highest BCUT2D eigenvalue weighted by molar-refractivity contribution is 7.99. The zero-order chi connectivity index (χ0) is 11.7. The van der Waals surface area contributed by atoms with Crippen LogP contribution in [0.4, 0.5) is 0 Å². The van der Waals surface area contributed by atoms with E-state index < -0.39 is 0 Å². The highest BCUT2D eigenvalue weighted by Crippen LogP contribution is 2.25. The molecule has 86 valence electrons. The Labute approximate surface area is 106 Å². The van der Waals surface area contributed by atoms with Gasteiger partial charge in [0.15, 0.2) is 0 Å². The SMILES string of the molecule is CC(C)SCc1cc2ccc(Cl)cc2n1C. The van der Waals surface area contributed by atoms with E-state index in [1.807, 2.05) is 23.9 Å². The van der Waals surface area contributed by atoms with Gasteiger partial charge in [0.2, 0.25) is 0 Å². The number of hydrogen-bond donors (Lipinski definition) is 0. The van der Waals surface area contributed by atoms with Crippen molar-refractivity contribution in [1.29, 1.82) is 0 Å². The van der Waals surface area contributed by atoms with Crippen LogP contribution in [0, 0.1) is 0 Å². The summed E-state index contributed by atoms with van der Waals surface area (Å²) in [7, 11) is 2.11. The normalized spacial score (nSPS) is 11.6. The van der Waals surface area contributed by atoms with Crippen LogP contribution in [0.2, 0.25) is 5.02 Å². The summed E-state index contributed by atoms with van der Waals surface area (Å²) < 4.78 is 2.23. The molecule has 0 bridgehead atoms. The average molecular weight is 254 g/mol. The fraction of sp³-hybridized carbons (Fsp3) is 0.385. The molecule has 0 saturated carbocycles. The highest BCUT2D eigenvalue weighted by Gasteiger charge is 2.06. The molecule has 1 aromatic carbocycles. The third kappa shape index (κ3) is 2.38. The Morgan fingerprint density at radius 1 is 1.31 bits per heavy atom. The first kappa shape index (κ1) is 11.9. The van der Waals surface area contributed by atoms with Gasteiger partial charge in [-0.05, 0) is 28.8 Å². The molecular formula is C13H16ClNS. The first-order valence-corrected chi connectivity index (χ1v) is 6.86. The Morgan fingerprint density at radius 3 is 2.75 bits per heavy atom. The van der Waals surface area contributed by atoms with Crippen LogP contribution >= 0.6 is 23.4 Å². The van der Waals surface area contributed by atoms with Gasteiger partial charge < -0.3 is 4.57 Å². The Bertz CT molecular complexity index is 502. The molecular weight excluding hydrogens is 238 g/mol. The molecule has 1 nitrogen and oxygen atoms in total. The van der Waals surface area contributed by atoms with Crippen molar-refractivity contribution < 1.29 is 0 Å². The number of nitrogens with zero attached hydrogens (tertiary/aromatic N) is 1. The van der Waals surface area contributed by atoms with Crippen LogP contribution in [0.3, 0.4) is 0 Å². The zero-order valence-electron chi connectivity index (χ0n) is 9.83. The number of aromatic nitrogens is 1. The van der Waals surface area contributed by atoms with Gasteiger partial charge in [-0.1, -0.05) is 31.5 Å². The molecule has 0 aliphatic rings. The topological polar surface area (TPSA) is 4.93 Å². The van der Waals surface area contributed by atoms with E-state index in [2.05, 4.69) is 37.6 Å². The molecule has 0 aliphatic heterocycles. The lowest BCUT2D eigenvalue weighted by Crippen LogP contribution is -1.96. The number of aryl methyl sites for hydroxylation is 1. The van der Waals surface area contributed by atoms with Crippen molar-refractivity contribution in [1.82, 2.24) is 4.57 Å². The van der Waals surface area contributed by atoms with Gasteiger partial charge in [0.25, 0.3) is 0 Å². The Balaban J connectivity index is 2.36. The number of hydrogen-bond acceptors (Lipinski definition) is 1. The number of thioether (sulfide) groups is 1. The van der Waals surface area contributed by atoms with Crippen molar-refractivity contribution in [2.45, 2.75) is 24.9 Å². The molecule has 1 aromatic heterocycles. The van der Waals surface area contributed by atoms with Gasteiger partial charge in [-0.25, -0.2) is 0 Å². The van der Waals surface area contributed by atoms with Gasteiger partial charge in [0.05, 0.1) is 0 Å². The van der Waals surface area contributed by atoms with Crippen LogP contribution in [-0.2, 0) is 12.8 Å². The summed E-state index contributed by atoms with van der Waals surface area (Å²) in [6.45, 7) is 4.45. The van der Waals surface area contributed by atoms with Gasteiger partial charge in [-0.3, -0.25) is 0 Å². The summed E-state index contributed by atoms with van der Waals surface area (Å²) in [6, 6.07) is 8.31. The lowest BCUT2D eigenvalue weighted by molar-refractivity contribution is 0.907. The number of fused-ring (bicyclic) bond motifs is 1. The summed E-state index contributed by atoms with van der Waals surface area (Å²) in [5, 5.41) is 2.74. The molecule has 16 heavy (non-hydrogen) atoms. The van der Waals surface area contributed by atoms with Crippen molar-refractivity contribution in [2.24, 2.45) is 7.05 Å². The molecule has 0 radical (unpaired) electrons. The van der Waals surface area contributed by atoms with Crippen LogP contribution in [-0.4, -0.2) is 9.82 Å². The quantitative estimate of drug-likeness (QED) is 0.781. The van der Waals surface area contributed by atoms with Crippen molar-refractivity contribution in [3.8, 4) is 0 Å². The van der Waals surface area contributed by atoms with E-state index in [-0.39, 0.29) is 0 Å². The van der Waals surface area contributed by atoms with Crippen molar-refractivity contribution in [2.75, 3.05) is 0 Å². The minimum Gasteiger partial charge on any atom is -0.347 e. The number of rotatable bonds is 3. The molecule has 0 N–H and O–H groups in total. The maximum absolute atomic E-state index is 6.01. The zero-order valence-corrected chi connectivity index (χ0v) is 11.4. The maximum atomic E-state index is 6.01. The Hall–Kier alpha value is -0.600. The summed E-state index contributed by atoms with van der Waals surface area (Å²) in [6.07, 6.45) is 0. The second-order valence-corrected chi connectivity index (χ2v) is 6.26. The van der Waals surface area contributed by atoms with Crippen molar-refractivity contribution in [3.63, 3.8) is 0 Å². The summed E-state index contributed by atoms with van der Waals surface area (Å²) in [5.41, 5.74) is 2.57. The van der Waals surface area contributed by atoms with Crippen molar-refractivity contribution >= 4 is 34.3 Å². The number of benzene rings is 1. The summed E-state index contributed by atoms with van der Waals surface area (Å²) in [5.74, 6) is 1.06. The van der Waals surface area contributed by atoms with E-state index in [9.17, 15) is 0 Å². The largest absolute Gasteiger partial charge is 0.347 e. The van der Waals surface area contributed by atoms with Gasteiger partial charge >= 0.3 is 0 Å².